The molecule has 268 valence electrons. The zero-order chi connectivity index (χ0) is 38.0. The zero-order valence-electron chi connectivity index (χ0n) is 31.2. The third-order valence-electron chi connectivity index (χ3n) is 9.48. The third-order valence-corrected chi connectivity index (χ3v) is 9.48. The SMILES string of the molecule is C=C(C)C(=O)OCc1ccc(N(c2ccc(C=C(c3ccccc3)c3ccccc3)cc2)c2ccc(C=C(c3ccccc3)c3ccccc3)cc2)c(C)c1. The summed E-state index contributed by atoms with van der Waals surface area (Å²) in [7, 11) is 0. The van der Waals surface area contributed by atoms with E-state index in [0.29, 0.717) is 5.57 Å². The Labute approximate surface area is 324 Å². The monoisotopic (exact) mass is 713 g/mol. The van der Waals surface area contributed by atoms with Crippen LogP contribution < -0.4 is 4.90 Å². The average Bonchev–Trinajstić information content (AvgIpc) is 3.24. The van der Waals surface area contributed by atoms with Crippen LogP contribution in [-0.2, 0) is 16.1 Å². The lowest BCUT2D eigenvalue weighted by Crippen LogP contribution is -2.12. The number of carbonyl (C=O) groups is 1. The van der Waals surface area contributed by atoms with Crippen LogP contribution in [-0.4, -0.2) is 5.97 Å². The van der Waals surface area contributed by atoms with E-state index in [-0.39, 0.29) is 6.61 Å². The van der Waals surface area contributed by atoms with Gasteiger partial charge >= 0.3 is 5.97 Å². The Hall–Kier alpha value is -6.97. The van der Waals surface area contributed by atoms with Gasteiger partial charge in [0.1, 0.15) is 6.61 Å². The van der Waals surface area contributed by atoms with Gasteiger partial charge in [0.25, 0.3) is 0 Å². The second-order valence-corrected chi connectivity index (χ2v) is 13.6. The first-order chi connectivity index (χ1) is 26.9. The van der Waals surface area contributed by atoms with Crippen molar-refractivity contribution in [2.24, 2.45) is 0 Å². The Kier molecular flexibility index (Phi) is 11.4. The summed E-state index contributed by atoms with van der Waals surface area (Å²) in [5.74, 6) is -0.392. The lowest BCUT2D eigenvalue weighted by atomic mass is 9.95. The molecule has 0 aliphatic carbocycles. The highest BCUT2D eigenvalue weighted by Gasteiger charge is 2.16. The van der Waals surface area contributed by atoms with Crippen molar-refractivity contribution < 1.29 is 9.53 Å². The van der Waals surface area contributed by atoms with Crippen LogP contribution in [0, 0.1) is 6.92 Å². The second kappa shape index (κ2) is 17.2. The van der Waals surface area contributed by atoms with Crippen LogP contribution in [0.2, 0.25) is 0 Å². The maximum absolute atomic E-state index is 12.1. The summed E-state index contributed by atoms with van der Waals surface area (Å²) in [6.07, 6.45) is 4.51. The van der Waals surface area contributed by atoms with Crippen molar-refractivity contribution in [1.82, 2.24) is 0 Å². The first-order valence-electron chi connectivity index (χ1n) is 18.5. The number of aryl methyl sites for hydroxylation is 1. The molecule has 0 aromatic heterocycles. The number of hydrogen-bond donors (Lipinski definition) is 0. The van der Waals surface area contributed by atoms with Gasteiger partial charge < -0.3 is 9.64 Å². The third kappa shape index (κ3) is 8.98. The second-order valence-electron chi connectivity index (χ2n) is 13.6. The van der Waals surface area contributed by atoms with Crippen molar-refractivity contribution in [3.63, 3.8) is 0 Å². The maximum Gasteiger partial charge on any atom is 0.333 e. The van der Waals surface area contributed by atoms with Crippen LogP contribution in [0.3, 0.4) is 0 Å². The minimum atomic E-state index is -0.392. The summed E-state index contributed by atoms with van der Waals surface area (Å²) in [5.41, 5.74) is 14.7. The molecule has 0 fully saturated rings. The van der Waals surface area contributed by atoms with Gasteiger partial charge in [0.05, 0.1) is 0 Å². The molecule has 0 unspecified atom stereocenters. The number of carbonyl (C=O) groups excluding carboxylic acids is 1. The molecular formula is C52H43NO2. The van der Waals surface area contributed by atoms with E-state index in [1.165, 1.54) is 33.4 Å². The van der Waals surface area contributed by atoms with Crippen molar-refractivity contribution in [1.29, 1.82) is 0 Å². The van der Waals surface area contributed by atoms with E-state index in [9.17, 15) is 4.79 Å². The molecule has 0 spiro atoms. The summed E-state index contributed by atoms with van der Waals surface area (Å²) in [5, 5.41) is 0. The fourth-order valence-electron chi connectivity index (χ4n) is 6.67. The first-order valence-corrected chi connectivity index (χ1v) is 18.5. The van der Waals surface area contributed by atoms with Crippen LogP contribution in [0.15, 0.2) is 200 Å². The molecule has 0 N–H and O–H groups in total. The Morgan fingerprint density at radius 3 is 1.27 bits per heavy atom. The quantitative estimate of drug-likeness (QED) is 0.0717. The lowest BCUT2D eigenvalue weighted by Gasteiger charge is -2.27. The van der Waals surface area contributed by atoms with Crippen LogP contribution in [0.5, 0.6) is 0 Å². The van der Waals surface area contributed by atoms with E-state index < -0.39 is 5.97 Å². The summed E-state index contributed by atoms with van der Waals surface area (Å²) in [4.78, 5) is 14.4. The highest BCUT2D eigenvalue weighted by atomic mass is 16.5. The van der Waals surface area contributed by atoms with E-state index >= 15 is 0 Å². The molecule has 55 heavy (non-hydrogen) atoms. The number of nitrogens with zero attached hydrogens (tertiary/aromatic N) is 1. The molecule has 0 heterocycles. The van der Waals surface area contributed by atoms with Crippen LogP contribution in [0.4, 0.5) is 17.1 Å². The molecular weight excluding hydrogens is 671 g/mol. The van der Waals surface area contributed by atoms with Crippen LogP contribution >= 0.6 is 0 Å². The van der Waals surface area contributed by atoms with Gasteiger partial charge in [-0.1, -0.05) is 164 Å². The highest BCUT2D eigenvalue weighted by Crippen LogP contribution is 2.38. The standard InChI is InChI=1S/C52H43NO2/c1-38(2)52(54)55-37-42-28-33-51(39(3)34-42)53(47-29-24-40(25-30-47)35-49(43-16-8-4-9-17-43)44-18-10-5-11-19-44)48-31-26-41(27-32-48)36-50(45-20-12-6-13-21-45)46-22-14-7-15-23-46/h4-36H,1,37H2,2-3H3. The van der Waals surface area contributed by atoms with Crippen LogP contribution in [0.25, 0.3) is 23.3 Å². The fourth-order valence-corrected chi connectivity index (χ4v) is 6.67. The van der Waals surface area contributed by atoms with Gasteiger partial charge in [-0.3, -0.25) is 0 Å². The smallest absolute Gasteiger partial charge is 0.333 e. The van der Waals surface area contributed by atoms with Gasteiger partial charge in [0, 0.05) is 22.6 Å². The normalized spacial score (nSPS) is 10.6. The average molecular weight is 714 g/mol. The van der Waals surface area contributed by atoms with E-state index in [1.54, 1.807) is 6.92 Å². The van der Waals surface area contributed by atoms with Gasteiger partial charge in [-0.25, -0.2) is 4.79 Å². The number of anilines is 3. The van der Waals surface area contributed by atoms with Gasteiger partial charge in [0.15, 0.2) is 0 Å². The minimum absolute atomic E-state index is 0.186. The largest absolute Gasteiger partial charge is 0.457 e. The predicted octanol–water partition coefficient (Wildman–Crippen LogP) is 13.3. The van der Waals surface area contributed by atoms with E-state index in [0.717, 1.165) is 39.3 Å². The molecule has 7 rings (SSSR count). The highest BCUT2D eigenvalue weighted by molar-refractivity contribution is 5.93. The van der Waals surface area contributed by atoms with Crippen molar-refractivity contribution in [3.05, 3.63) is 245 Å². The van der Waals surface area contributed by atoms with Crippen molar-refractivity contribution in [3.8, 4) is 0 Å². The maximum atomic E-state index is 12.1. The number of benzene rings is 7. The van der Waals surface area contributed by atoms with Crippen molar-refractivity contribution in [2.45, 2.75) is 20.5 Å². The topological polar surface area (TPSA) is 29.5 Å². The van der Waals surface area contributed by atoms with Crippen molar-refractivity contribution >= 4 is 46.3 Å². The Bertz CT molecular complexity index is 2210. The molecule has 0 radical (unpaired) electrons. The molecule has 7 aromatic carbocycles. The summed E-state index contributed by atoms with van der Waals surface area (Å²) >= 11 is 0. The van der Waals surface area contributed by atoms with E-state index in [2.05, 4.69) is 188 Å². The molecule has 3 heteroatoms. The Morgan fingerprint density at radius 2 is 0.927 bits per heavy atom. The number of hydrogen-bond acceptors (Lipinski definition) is 3. The summed E-state index contributed by atoms with van der Waals surface area (Å²) in [6, 6.07) is 65.7. The molecule has 0 amide bonds. The van der Waals surface area contributed by atoms with Gasteiger partial charge in [-0.2, -0.15) is 0 Å². The molecule has 3 nitrogen and oxygen atoms in total. The predicted molar refractivity (Wildman–Crippen MR) is 230 cm³/mol. The first kappa shape index (κ1) is 36.4. The molecule has 0 bridgehead atoms. The Morgan fingerprint density at radius 1 is 0.545 bits per heavy atom. The molecule has 0 atom stereocenters. The number of esters is 1. The molecule has 0 aliphatic heterocycles. The van der Waals surface area contributed by atoms with E-state index in [1.807, 2.05) is 30.3 Å². The van der Waals surface area contributed by atoms with E-state index in [4.69, 9.17) is 4.74 Å². The van der Waals surface area contributed by atoms with Crippen molar-refractivity contribution in [2.75, 3.05) is 4.90 Å². The zero-order valence-corrected chi connectivity index (χ0v) is 31.2. The lowest BCUT2D eigenvalue weighted by molar-refractivity contribution is -0.140. The van der Waals surface area contributed by atoms with Gasteiger partial charge in [0.2, 0.25) is 0 Å². The molecule has 0 aliphatic rings. The van der Waals surface area contributed by atoms with Gasteiger partial charge in [-0.15, -0.1) is 0 Å². The fraction of sp³-hybridized carbons (Fsp3) is 0.0577. The molecule has 0 saturated heterocycles. The Balaban J connectivity index is 1.27. The number of rotatable bonds is 12. The molecule has 7 aromatic rings. The minimum Gasteiger partial charge on any atom is -0.457 e. The summed E-state index contributed by atoms with van der Waals surface area (Å²) in [6.45, 7) is 7.65. The van der Waals surface area contributed by atoms with Gasteiger partial charge in [-0.05, 0) is 112 Å². The summed E-state index contributed by atoms with van der Waals surface area (Å²) < 4.78 is 5.47. The van der Waals surface area contributed by atoms with Crippen LogP contribution in [0.1, 0.15) is 51.4 Å². The number of ether oxygens (including phenoxy) is 1. The molecule has 0 saturated carbocycles.